The van der Waals surface area contributed by atoms with Gasteiger partial charge in [0.2, 0.25) is 0 Å². The molecular formula is C11H17NO. The Kier molecular flexibility index (Phi) is 2.94. The second-order valence-corrected chi connectivity index (χ2v) is 3.74. The average Bonchev–Trinajstić information content (AvgIpc) is 1.96. The number of hydrogen-bond acceptors (Lipinski definition) is 2. The van der Waals surface area contributed by atoms with Crippen LogP contribution in [0.25, 0.3) is 0 Å². The third-order valence-electron chi connectivity index (χ3n) is 2.21. The minimum Gasteiger partial charge on any atom is -0.508 e. The molecule has 0 aliphatic rings. The SMILES string of the molecule is Cc1cc(O)cc(C)c1CC(C)N. The molecule has 0 aromatic heterocycles. The number of phenols is 1. The Morgan fingerprint density at radius 2 is 1.77 bits per heavy atom. The van der Waals surface area contributed by atoms with E-state index in [9.17, 15) is 5.11 Å². The zero-order chi connectivity index (χ0) is 10.0. The number of nitrogens with two attached hydrogens (primary N) is 1. The van der Waals surface area contributed by atoms with Crippen LogP contribution in [0.4, 0.5) is 0 Å². The van der Waals surface area contributed by atoms with E-state index in [-0.39, 0.29) is 6.04 Å². The molecule has 0 aliphatic carbocycles. The lowest BCUT2D eigenvalue weighted by atomic mass is 9.97. The summed E-state index contributed by atoms with van der Waals surface area (Å²) in [5.74, 6) is 0.337. The Balaban J connectivity index is 3.06. The second kappa shape index (κ2) is 3.79. The number of benzene rings is 1. The van der Waals surface area contributed by atoms with Crippen molar-refractivity contribution in [1.82, 2.24) is 0 Å². The highest BCUT2D eigenvalue weighted by atomic mass is 16.3. The summed E-state index contributed by atoms with van der Waals surface area (Å²) in [5.41, 5.74) is 9.24. The lowest BCUT2D eigenvalue weighted by Crippen LogP contribution is -2.19. The zero-order valence-electron chi connectivity index (χ0n) is 8.46. The van der Waals surface area contributed by atoms with Gasteiger partial charge in [0.15, 0.2) is 0 Å². The predicted molar refractivity (Wildman–Crippen MR) is 54.9 cm³/mol. The van der Waals surface area contributed by atoms with E-state index in [1.807, 2.05) is 20.8 Å². The van der Waals surface area contributed by atoms with Gasteiger partial charge in [-0.05, 0) is 56.0 Å². The van der Waals surface area contributed by atoms with Gasteiger partial charge in [0, 0.05) is 6.04 Å². The zero-order valence-corrected chi connectivity index (χ0v) is 8.46. The molecule has 0 fully saturated rings. The molecule has 0 spiro atoms. The Hall–Kier alpha value is -1.02. The first-order valence-electron chi connectivity index (χ1n) is 4.55. The van der Waals surface area contributed by atoms with Crippen molar-refractivity contribution in [2.24, 2.45) is 5.73 Å². The molecule has 0 aliphatic heterocycles. The fraction of sp³-hybridized carbons (Fsp3) is 0.455. The number of rotatable bonds is 2. The maximum Gasteiger partial charge on any atom is 0.116 e. The van der Waals surface area contributed by atoms with Crippen LogP contribution in [-0.2, 0) is 6.42 Å². The Morgan fingerprint density at radius 1 is 1.31 bits per heavy atom. The highest BCUT2D eigenvalue weighted by Gasteiger charge is 2.06. The highest BCUT2D eigenvalue weighted by molar-refractivity contribution is 5.40. The van der Waals surface area contributed by atoms with Crippen molar-refractivity contribution in [3.05, 3.63) is 28.8 Å². The van der Waals surface area contributed by atoms with Crippen LogP contribution in [0, 0.1) is 13.8 Å². The van der Waals surface area contributed by atoms with Crippen molar-refractivity contribution < 1.29 is 5.11 Å². The van der Waals surface area contributed by atoms with E-state index in [4.69, 9.17) is 5.73 Å². The van der Waals surface area contributed by atoms with Crippen LogP contribution in [0.5, 0.6) is 5.75 Å². The van der Waals surface area contributed by atoms with Gasteiger partial charge in [0.1, 0.15) is 5.75 Å². The van der Waals surface area contributed by atoms with Gasteiger partial charge in [-0.1, -0.05) is 0 Å². The first-order chi connectivity index (χ1) is 6.00. The third-order valence-corrected chi connectivity index (χ3v) is 2.21. The quantitative estimate of drug-likeness (QED) is 0.728. The summed E-state index contributed by atoms with van der Waals surface area (Å²) in [7, 11) is 0. The van der Waals surface area contributed by atoms with E-state index in [0.717, 1.165) is 17.5 Å². The summed E-state index contributed by atoms with van der Waals surface area (Å²) >= 11 is 0. The highest BCUT2D eigenvalue weighted by Crippen LogP contribution is 2.21. The van der Waals surface area contributed by atoms with Gasteiger partial charge in [-0.15, -0.1) is 0 Å². The standard InChI is InChI=1S/C11H17NO/c1-7-4-10(13)5-8(2)11(7)6-9(3)12/h4-5,9,13H,6,12H2,1-3H3. The fourth-order valence-corrected chi connectivity index (χ4v) is 1.61. The molecule has 0 radical (unpaired) electrons. The first kappa shape index (κ1) is 10.1. The minimum absolute atomic E-state index is 0.168. The van der Waals surface area contributed by atoms with E-state index in [2.05, 4.69) is 0 Å². The van der Waals surface area contributed by atoms with E-state index >= 15 is 0 Å². The molecule has 1 aromatic rings. The molecule has 13 heavy (non-hydrogen) atoms. The number of aromatic hydroxyl groups is 1. The summed E-state index contributed by atoms with van der Waals surface area (Å²) < 4.78 is 0. The van der Waals surface area contributed by atoms with Crippen molar-refractivity contribution in [2.75, 3.05) is 0 Å². The van der Waals surface area contributed by atoms with E-state index in [1.54, 1.807) is 12.1 Å². The first-order valence-corrected chi connectivity index (χ1v) is 4.55. The molecule has 0 amide bonds. The van der Waals surface area contributed by atoms with Gasteiger partial charge >= 0.3 is 0 Å². The smallest absolute Gasteiger partial charge is 0.116 e. The molecule has 0 heterocycles. The third kappa shape index (κ3) is 2.46. The Labute approximate surface area is 79.4 Å². The van der Waals surface area contributed by atoms with Crippen molar-refractivity contribution in [3.63, 3.8) is 0 Å². The maximum absolute atomic E-state index is 9.32. The summed E-state index contributed by atoms with van der Waals surface area (Å²) in [6, 6.07) is 3.73. The van der Waals surface area contributed by atoms with E-state index < -0.39 is 0 Å². The Morgan fingerprint density at radius 3 is 2.15 bits per heavy atom. The summed E-state index contributed by atoms with van der Waals surface area (Å²) in [5, 5.41) is 9.32. The topological polar surface area (TPSA) is 46.2 Å². The van der Waals surface area contributed by atoms with Crippen LogP contribution in [-0.4, -0.2) is 11.1 Å². The molecule has 0 bridgehead atoms. The van der Waals surface area contributed by atoms with Gasteiger partial charge in [0.25, 0.3) is 0 Å². The van der Waals surface area contributed by atoms with Crippen LogP contribution >= 0.6 is 0 Å². The van der Waals surface area contributed by atoms with Crippen LogP contribution in [0.3, 0.4) is 0 Å². The molecule has 0 saturated heterocycles. The summed E-state index contributed by atoms with van der Waals surface area (Å²) in [6.07, 6.45) is 0.873. The van der Waals surface area contributed by atoms with Crippen LogP contribution in [0.1, 0.15) is 23.6 Å². The van der Waals surface area contributed by atoms with Gasteiger partial charge in [-0.2, -0.15) is 0 Å². The maximum atomic E-state index is 9.32. The molecular weight excluding hydrogens is 162 g/mol. The van der Waals surface area contributed by atoms with Crippen molar-refractivity contribution in [1.29, 1.82) is 0 Å². The lowest BCUT2D eigenvalue weighted by molar-refractivity contribution is 0.474. The van der Waals surface area contributed by atoms with Gasteiger partial charge in [0.05, 0.1) is 0 Å². The summed E-state index contributed by atoms with van der Waals surface area (Å²) in [4.78, 5) is 0. The lowest BCUT2D eigenvalue weighted by Gasteiger charge is -2.12. The molecule has 2 nitrogen and oxygen atoms in total. The second-order valence-electron chi connectivity index (χ2n) is 3.74. The Bertz CT molecular complexity index is 282. The molecule has 3 N–H and O–H groups in total. The van der Waals surface area contributed by atoms with Crippen LogP contribution in [0.15, 0.2) is 12.1 Å². The average molecular weight is 179 g/mol. The fourth-order valence-electron chi connectivity index (χ4n) is 1.61. The minimum atomic E-state index is 0.168. The molecule has 1 aromatic carbocycles. The molecule has 1 rings (SSSR count). The van der Waals surface area contributed by atoms with Crippen molar-refractivity contribution in [3.8, 4) is 5.75 Å². The molecule has 2 heteroatoms. The van der Waals surface area contributed by atoms with Crippen LogP contribution < -0.4 is 5.73 Å². The summed E-state index contributed by atoms with van der Waals surface area (Å²) in [6.45, 7) is 6.00. The normalized spacial score (nSPS) is 12.9. The van der Waals surface area contributed by atoms with Gasteiger partial charge in [-0.3, -0.25) is 0 Å². The molecule has 0 saturated carbocycles. The molecule has 72 valence electrons. The van der Waals surface area contributed by atoms with Crippen molar-refractivity contribution >= 4 is 0 Å². The van der Waals surface area contributed by atoms with E-state index in [1.165, 1.54) is 5.56 Å². The van der Waals surface area contributed by atoms with Gasteiger partial charge < -0.3 is 10.8 Å². The number of phenolic OH excluding ortho intramolecular Hbond substituents is 1. The van der Waals surface area contributed by atoms with Crippen LogP contribution in [0.2, 0.25) is 0 Å². The number of hydrogen-bond donors (Lipinski definition) is 2. The predicted octanol–water partition coefficient (Wildman–Crippen LogP) is 1.90. The largest absolute Gasteiger partial charge is 0.508 e. The van der Waals surface area contributed by atoms with Crippen molar-refractivity contribution in [2.45, 2.75) is 33.2 Å². The number of aryl methyl sites for hydroxylation is 2. The molecule has 1 unspecified atom stereocenters. The monoisotopic (exact) mass is 179 g/mol. The molecule has 1 atom stereocenters. The van der Waals surface area contributed by atoms with E-state index in [0.29, 0.717) is 5.75 Å². The van der Waals surface area contributed by atoms with Gasteiger partial charge in [-0.25, -0.2) is 0 Å².